The molecule has 0 fully saturated rings. The van der Waals surface area contributed by atoms with Crippen LogP contribution >= 0.6 is 0 Å². The fraction of sp³-hybridized carbons (Fsp3) is 0.0952. The molecule has 3 aromatic rings. The van der Waals surface area contributed by atoms with Crippen LogP contribution in [0.15, 0.2) is 66.7 Å². The van der Waals surface area contributed by atoms with E-state index < -0.39 is 5.60 Å². The van der Waals surface area contributed by atoms with Gasteiger partial charge in [0.05, 0.1) is 5.56 Å². The molecule has 1 atom stereocenters. The van der Waals surface area contributed by atoms with Gasteiger partial charge in [0.2, 0.25) is 0 Å². The number of esters is 1. The van der Waals surface area contributed by atoms with Crippen molar-refractivity contribution >= 4 is 5.97 Å². The van der Waals surface area contributed by atoms with Gasteiger partial charge in [-0.3, -0.25) is 0 Å². The van der Waals surface area contributed by atoms with E-state index in [-0.39, 0.29) is 5.97 Å². The van der Waals surface area contributed by atoms with Crippen molar-refractivity contribution in [3.05, 3.63) is 94.5 Å². The number of hydrogen-bond donors (Lipinski definition) is 0. The zero-order chi connectivity index (χ0) is 16.3. The first-order valence-electron chi connectivity index (χ1n) is 7.91. The average molecular weight is 314 g/mol. The monoisotopic (exact) mass is 314 g/mol. The summed E-state index contributed by atoms with van der Waals surface area (Å²) in [4.78, 5) is 12.6. The summed E-state index contributed by atoms with van der Waals surface area (Å²) < 4.78 is 12.1. The predicted octanol–water partition coefficient (Wildman–Crippen LogP) is 4.56. The molecule has 3 nitrogen and oxygen atoms in total. The Morgan fingerprint density at radius 3 is 2.38 bits per heavy atom. The summed E-state index contributed by atoms with van der Waals surface area (Å²) in [6.07, 6.45) is 0. The second kappa shape index (κ2) is 4.48. The van der Waals surface area contributed by atoms with Gasteiger partial charge in [-0.05, 0) is 30.7 Å². The third-order valence-electron chi connectivity index (χ3n) is 4.77. The highest BCUT2D eigenvalue weighted by molar-refractivity contribution is 5.97. The Balaban J connectivity index is 1.92. The topological polar surface area (TPSA) is 35.5 Å². The molecule has 3 heteroatoms. The Morgan fingerprint density at radius 2 is 1.50 bits per heavy atom. The summed E-state index contributed by atoms with van der Waals surface area (Å²) >= 11 is 0. The third-order valence-corrected chi connectivity index (χ3v) is 4.77. The molecule has 24 heavy (non-hydrogen) atoms. The maximum Gasteiger partial charge on any atom is 0.340 e. The van der Waals surface area contributed by atoms with E-state index in [1.54, 1.807) is 0 Å². The molecule has 0 radical (unpaired) electrons. The summed E-state index contributed by atoms with van der Waals surface area (Å²) in [5, 5.41) is 0. The molecule has 3 aromatic carbocycles. The van der Waals surface area contributed by atoms with E-state index in [0.717, 1.165) is 33.8 Å². The van der Waals surface area contributed by atoms with Crippen LogP contribution in [0.1, 0.15) is 32.6 Å². The van der Waals surface area contributed by atoms with Crippen LogP contribution in [0.25, 0.3) is 0 Å². The molecule has 0 aliphatic carbocycles. The molecule has 0 amide bonds. The number of para-hydroxylation sites is 1. The molecule has 1 spiro atoms. The molecule has 2 aliphatic heterocycles. The van der Waals surface area contributed by atoms with Gasteiger partial charge in [0.15, 0.2) is 5.60 Å². The standard InChI is InChI=1S/C21H14O3/c1-13-10-11-17-19(12-13)23-18-9-5-4-8-16(18)21(17)15-7-3-2-6-14(15)20(22)24-21/h2-12H,1H3. The van der Waals surface area contributed by atoms with E-state index in [9.17, 15) is 4.79 Å². The number of benzene rings is 3. The van der Waals surface area contributed by atoms with Crippen LogP contribution < -0.4 is 4.74 Å². The van der Waals surface area contributed by atoms with Crippen LogP contribution in [-0.2, 0) is 10.3 Å². The van der Waals surface area contributed by atoms with Gasteiger partial charge in [-0.15, -0.1) is 0 Å². The van der Waals surface area contributed by atoms with E-state index in [1.807, 2.05) is 73.7 Å². The van der Waals surface area contributed by atoms with Crippen LogP contribution in [0.3, 0.4) is 0 Å². The van der Waals surface area contributed by atoms with Crippen molar-refractivity contribution in [1.29, 1.82) is 0 Å². The van der Waals surface area contributed by atoms with Gasteiger partial charge >= 0.3 is 5.97 Å². The maximum absolute atomic E-state index is 12.6. The number of hydrogen-bond acceptors (Lipinski definition) is 3. The first kappa shape index (κ1) is 13.4. The molecule has 0 saturated carbocycles. The van der Waals surface area contributed by atoms with Gasteiger partial charge in [-0.2, -0.15) is 0 Å². The number of fused-ring (bicyclic) bond motifs is 6. The highest BCUT2D eigenvalue weighted by Gasteiger charge is 2.53. The van der Waals surface area contributed by atoms with Gasteiger partial charge in [-0.1, -0.05) is 48.5 Å². The molecular formula is C21H14O3. The fourth-order valence-electron chi connectivity index (χ4n) is 3.73. The molecule has 0 bridgehead atoms. The van der Waals surface area contributed by atoms with Gasteiger partial charge in [0.1, 0.15) is 11.5 Å². The number of aryl methyl sites for hydroxylation is 1. The van der Waals surface area contributed by atoms with E-state index in [1.165, 1.54) is 0 Å². The molecule has 116 valence electrons. The summed E-state index contributed by atoms with van der Waals surface area (Å²) in [7, 11) is 0. The van der Waals surface area contributed by atoms with E-state index in [2.05, 4.69) is 0 Å². The average Bonchev–Trinajstić information content (AvgIpc) is 2.89. The smallest absolute Gasteiger partial charge is 0.340 e. The van der Waals surface area contributed by atoms with Crippen molar-refractivity contribution in [2.24, 2.45) is 0 Å². The lowest BCUT2D eigenvalue weighted by molar-refractivity contribution is 0.0224. The summed E-state index contributed by atoms with van der Waals surface area (Å²) in [6.45, 7) is 2.02. The molecule has 1 unspecified atom stereocenters. The van der Waals surface area contributed by atoms with Crippen LogP contribution in [0, 0.1) is 6.92 Å². The number of ether oxygens (including phenoxy) is 2. The minimum Gasteiger partial charge on any atom is -0.456 e. The zero-order valence-corrected chi connectivity index (χ0v) is 13.1. The molecule has 2 heterocycles. The van der Waals surface area contributed by atoms with Crippen molar-refractivity contribution in [1.82, 2.24) is 0 Å². The molecule has 0 N–H and O–H groups in total. The molecule has 0 saturated heterocycles. The van der Waals surface area contributed by atoms with Crippen molar-refractivity contribution in [3.8, 4) is 11.5 Å². The summed E-state index contributed by atoms with van der Waals surface area (Å²) in [5.41, 5.74) is 3.37. The van der Waals surface area contributed by atoms with Gasteiger partial charge in [0, 0.05) is 16.7 Å². The third kappa shape index (κ3) is 1.54. The van der Waals surface area contributed by atoms with Crippen molar-refractivity contribution in [2.75, 3.05) is 0 Å². The Kier molecular flexibility index (Phi) is 2.50. The molecule has 5 rings (SSSR count). The minimum absolute atomic E-state index is 0.297. The Bertz CT molecular complexity index is 1010. The van der Waals surface area contributed by atoms with E-state index in [4.69, 9.17) is 9.47 Å². The highest BCUT2D eigenvalue weighted by Crippen LogP contribution is 2.55. The van der Waals surface area contributed by atoms with Crippen molar-refractivity contribution < 1.29 is 14.3 Å². The second-order valence-corrected chi connectivity index (χ2v) is 6.21. The summed E-state index contributed by atoms with van der Waals surface area (Å²) in [5.74, 6) is 1.16. The molecule has 2 aliphatic rings. The predicted molar refractivity (Wildman–Crippen MR) is 89.4 cm³/mol. The SMILES string of the molecule is Cc1ccc2c(c1)Oc1ccccc1C21OC(=O)c2ccccc21. The molecular weight excluding hydrogens is 300 g/mol. The Morgan fingerprint density at radius 1 is 0.792 bits per heavy atom. The van der Waals surface area contributed by atoms with Crippen LogP contribution in [0.2, 0.25) is 0 Å². The van der Waals surface area contributed by atoms with Crippen molar-refractivity contribution in [2.45, 2.75) is 12.5 Å². The van der Waals surface area contributed by atoms with Crippen LogP contribution in [0.5, 0.6) is 11.5 Å². The minimum atomic E-state index is -0.939. The van der Waals surface area contributed by atoms with Gasteiger partial charge in [0.25, 0.3) is 0 Å². The lowest BCUT2D eigenvalue weighted by Gasteiger charge is -2.36. The van der Waals surface area contributed by atoms with E-state index >= 15 is 0 Å². The maximum atomic E-state index is 12.6. The largest absolute Gasteiger partial charge is 0.456 e. The number of carbonyl (C=O) groups is 1. The van der Waals surface area contributed by atoms with Crippen LogP contribution in [-0.4, -0.2) is 5.97 Å². The lowest BCUT2D eigenvalue weighted by atomic mass is 9.77. The Hall–Kier alpha value is -3.07. The summed E-state index contributed by atoms with van der Waals surface area (Å²) in [6, 6.07) is 21.3. The Labute approximate surface area is 139 Å². The first-order valence-corrected chi connectivity index (χ1v) is 7.91. The fourth-order valence-corrected chi connectivity index (χ4v) is 3.73. The van der Waals surface area contributed by atoms with Gasteiger partial charge < -0.3 is 9.47 Å². The second-order valence-electron chi connectivity index (χ2n) is 6.21. The van der Waals surface area contributed by atoms with Crippen molar-refractivity contribution in [3.63, 3.8) is 0 Å². The normalized spacial score (nSPS) is 20.0. The number of rotatable bonds is 0. The van der Waals surface area contributed by atoms with Crippen LogP contribution in [0.4, 0.5) is 0 Å². The quantitative estimate of drug-likeness (QED) is 0.571. The first-order chi connectivity index (χ1) is 11.7. The van der Waals surface area contributed by atoms with Gasteiger partial charge in [-0.25, -0.2) is 4.79 Å². The zero-order valence-electron chi connectivity index (χ0n) is 13.1. The highest BCUT2D eigenvalue weighted by atomic mass is 16.6. The van der Waals surface area contributed by atoms with E-state index in [0.29, 0.717) is 5.56 Å². The molecule has 0 aromatic heterocycles. The lowest BCUT2D eigenvalue weighted by Crippen LogP contribution is -2.32. The number of carbonyl (C=O) groups excluding carboxylic acids is 1.